The van der Waals surface area contributed by atoms with Gasteiger partial charge in [-0.15, -0.1) is 0 Å². The molecule has 3 nitrogen and oxygen atoms in total. The Morgan fingerprint density at radius 3 is 2.79 bits per heavy atom. The van der Waals surface area contributed by atoms with E-state index in [1.165, 1.54) is 5.39 Å². The van der Waals surface area contributed by atoms with Crippen molar-refractivity contribution >= 4 is 16.7 Å². The largest absolute Gasteiger partial charge is 0.493 e. The maximum atomic E-state index is 11.3. The Bertz CT molecular complexity index is 546. The van der Waals surface area contributed by atoms with Crippen LogP contribution in [0.5, 0.6) is 5.75 Å². The molecule has 2 aromatic rings. The van der Waals surface area contributed by atoms with Crippen LogP contribution in [0.15, 0.2) is 42.5 Å². The third-order valence-electron chi connectivity index (χ3n) is 2.93. The molecule has 100 valence electrons. The molecule has 0 radical (unpaired) electrons. The van der Waals surface area contributed by atoms with Crippen LogP contribution in [-0.2, 0) is 4.79 Å². The number of fused-ring (bicyclic) bond motifs is 1. The van der Waals surface area contributed by atoms with Crippen LogP contribution in [0.25, 0.3) is 10.8 Å². The molecule has 2 aromatic carbocycles. The highest BCUT2D eigenvalue weighted by molar-refractivity contribution is 5.88. The van der Waals surface area contributed by atoms with E-state index in [1.54, 1.807) is 0 Å². The van der Waals surface area contributed by atoms with E-state index in [0.717, 1.165) is 17.6 Å². The zero-order chi connectivity index (χ0) is 13.5. The molecule has 0 aliphatic heterocycles. The van der Waals surface area contributed by atoms with Crippen molar-refractivity contribution in [3.8, 4) is 5.75 Å². The normalized spacial score (nSPS) is 10.4. The summed E-state index contributed by atoms with van der Waals surface area (Å²) in [5, 5.41) is 5.06. The summed E-state index contributed by atoms with van der Waals surface area (Å²) in [6, 6.07) is 14.2. The van der Waals surface area contributed by atoms with Crippen LogP contribution in [0.4, 0.5) is 0 Å². The molecule has 0 fully saturated rings. The van der Waals surface area contributed by atoms with Gasteiger partial charge in [0.15, 0.2) is 0 Å². The van der Waals surface area contributed by atoms with Crippen molar-refractivity contribution in [1.29, 1.82) is 0 Å². The minimum Gasteiger partial charge on any atom is -0.493 e. The lowest BCUT2D eigenvalue weighted by atomic mass is 10.1. The molecular weight excluding hydrogens is 238 g/mol. The van der Waals surface area contributed by atoms with E-state index in [9.17, 15) is 4.79 Å². The van der Waals surface area contributed by atoms with Crippen molar-refractivity contribution < 1.29 is 9.53 Å². The average molecular weight is 257 g/mol. The fourth-order valence-electron chi connectivity index (χ4n) is 2.02. The topological polar surface area (TPSA) is 38.3 Å². The molecule has 0 bridgehead atoms. The molecule has 3 heteroatoms. The molecule has 0 heterocycles. The first kappa shape index (κ1) is 13.4. The quantitative estimate of drug-likeness (QED) is 0.807. The maximum Gasteiger partial charge on any atom is 0.220 e. The number of nitrogens with one attached hydrogen (secondary N) is 1. The molecule has 1 amide bonds. The Balaban J connectivity index is 1.90. The van der Waals surface area contributed by atoms with Crippen molar-refractivity contribution in [2.24, 2.45) is 0 Å². The first-order valence-corrected chi connectivity index (χ1v) is 6.68. The zero-order valence-electron chi connectivity index (χ0n) is 11.2. The molecule has 19 heavy (non-hydrogen) atoms. The van der Waals surface area contributed by atoms with Crippen LogP contribution in [0.2, 0.25) is 0 Å². The first-order chi connectivity index (χ1) is 9.31. The molecule has 0 unspecified atom stereocenters. The minimum absolute atomic E-state index is 0.0871. The third-order valence-corrected chi connectivity index (χ3v) is 2.93. The van der Waals surface area contributed by atoms with E-state index in [2.05, 4.69) is 23.5 Å². The standard InChI is InChI=1S/C16H19NO2/c1-2-17-16(18)11-6-12-19-15-10-5-8-13-7-3-4-9-14(13)15/h3-5,7-10H,2,6,11-12H2,1H3,(H,17,18). The number of carbonyl (C=O) groups is 1. The van der Waals surface area contributed by atoms with Crippen molar-refractivity contribution in [2.45, 2.75) is 19.8 Å². The van der Waals surface area contributed by atoms with Crippen LogP contribution in [0, 0.1) is 0 Å². The first-order valence-electron chi connectivity index (χ1n) is 6.68. The van der Waals surface area contributed by atoms with Gasteiger partial charge in [0.1, 0.15) is 5.75 Å². The maximum absolute atomic E-state index is 11.3. The summed E-state index contributed by atoms with van der Waals surface area (Å²) in [6.07, 6.45) is 1.24. The summed E-state index contributed by atoms with van der Waals surface area (Å²) in [5.41, 5.74) is 0. The Kier molecular flexibility index (Phi) is 4.78. The molecule has 0 aliphatic carbocycles. The number of carbonyl (C=O) groups excluding carboxylic acids is 1. The number of hydrogen-bond acceptors (Lipinski definition) is 2. The summed E-state index contributed by atoms with van der Waals surface area (Å²) in [7, 11) is 0. The highest BCUT2D eigenvalue weighted by Crippen LogP contribution is 2.25. The van der Waals surface area contributed by atoms with E-state index in [-0.39, 0.29) is 5.91 Å². The Morgan fingerprint density at radius 1 is 1.16 bits per heavy atom. The van der Waals surface area contributed by atoms with Gasteiger partial charge in [0.2, 0.25) is 5.91 Å². The third kappa shape index (κ3) is 3.71. The van der Waals surface area contributed by atoms with E-state index < -0.39 is 0 Å². The molecule has 2 rings (SSSR count). The predicted molar refractivity (Wildman–Crippen MR) is 77.4 cm³/mol. The molecular formula is C16H19NO2. The van der Waals surface area contributed by atoms with Crippen molar-refractivity contribution in [3.63, 3.8) is 0 Å². The van der Waals surface area contributed by atoms with Gasteiger partial charge in [0.05, 0.1) is 6.61 Å². The summed E-state index contributed by atoms with van der Waals surface area (Å²) in [6.45, 7) is 3.17. The number of rotatable bonds is 6. The second-order valence-corrected chi connectivity index (χ2v) is 4.38. The van der Waals surface area contributed by atoms with Crippen molar-refractivity contribution in [1.82, 2.24) is 5.32 Å². The summed E-state index contributed by atoms with van der Waals surface area (Å²) in [4.78, 5) is 11.3. The van der Waals surface area contributed by atoms with Crippen molar-refractivity contribution in [2.75, 3.05) is 13.2 Å². The molecule has 0 spiro atoms. The van der Waals surface area contributed by atoms with E-state index in [0.29, 0.717) is 19.6 Å². The lowest BCUT2D eigenvalue weighted by Crippen LogP contribution is -2.22. The van der Waals surface area contributed by atoms with Crippen LogP contribution in [-0.4, -0.2) is 19.1 Å². The molecule has 0 aliphatic rings. The SMILES string of the molecule is CCNC(=O)CCCOc1cccc2ccccc12. The minimum atomic E-state index is 0.0871. The summed E-state index contributed by atoms with van der Waals surface area (Å²) >= 11 is 0. The summed E-state index contributed by atoms with van der Waals surface area (Å²) in [5.74, 6) is 0.970. The average Bonchev–Trinajstić information content (AvgIpc) is 2.44. The number of benzene rings is 2. The summed E-state index contributed by atoms with van der Waals surface area (Å²) < 4.78 is 5.77. The fraction of sp³-hybridized carbons (Fsp3) is 0.312. The van der Waals surface area contributed by atoms with Gasteiger partial charge in [0, 0.05) is 18.4 Å². The van der Waals surface area contributed by atoms with Gasteiger partial charge < -0.3 is 10.1 Å². The zero-order valence-corrected chi connectivity index (χ0v) is 11.2. The monoisotopic (exact) mass is 257 g/mol. The Morgan fingerprint density at radius 2 is 1.95 bits per heavy atom. The second-order valence-electron chi connectivity index (χ2n) is 4.38. The molecule has 0 saturated heterocycles. The van der Waals surface area contributed by atoms with Gasteiger partial charge >= 0.3 is 0 Å². The van der Waals surface area contributed by atoms with Crippen LogP contribution < -0.4 is 10.1 Å². The predicted octanol–water partition coefficient (Wildman–Crippen LogP) is 3.13. The number of ether oxygens (including phenoxy) is 1. The van der Waals surface area contributed by atoms with Gasteiger partial charge in [-0.05, 0) is 24.8 Å². The smallest absolute Gasteiger partial charge is 0.220 e. The highest BCUT2D eigenvalue weighted by atomic mass is 16.5. The number of amides is 1. The molecule has 0 atom stereocenters. The Labute approximate surface area is 113 Å². The van der Waals surface area contributed by atoms with Gasteiger partial charge in [-0.3, -0.25) is 4.79 Å². The molecule has 1 N–H and O–H groups in total. The van der Waals surface area contributed by atoms with Crippen LogP contribution in [0.3, 0.4) is 0 Å². The van der Waals surface area contributed by atoms with Crippen molar-refractivity contribution in [3.05, 3.63) is 42.5 Å². The van der Waals surface area contributed by atoms with E-state index >= 15 is 0 Å². The Hall–Kier alpha value is -2.03. The van der Waals surface area contributed by atoms with E-state index in [1.807, 2.05) is 31.2 Å². The van der Waals surface area contributed by atoms with Gasteiger partial charge in [-0.1, -0.05) is 36.4 Å². The van der Waals surface area contributed by atoms with Crippen LogP contribution >= 0.6 is 0 Å². The molecule has 0 saturated carbocycles. The van der Waals surface area contributed by atoms with Gasteiger partial charge in [-0.2, -0.15) is 0 Å². The van der Waals surface area contributed by atoms with Gasteiger partial charge in [-0.25, -0.2) is 0 Å². The fourth-order valence-corrected chi connectivity index (χ4v) is 2.02. The lowest BCUT2D eigenvalue weighted by molar-refractivity contribution is -0.121. The lowest BCUT2D eigenvalue weighted by Gasteiger charge is -2.09. The van der Waals surface area contributed by atoms with E-state index in [4.69, 9.17) is 4.74 Å². The highest BCUT2D eigenvalue weighted by Gasteiger charge is 2.02. The number of hydrogen-bond donors (Lipinski definition) is 1. The van der Waals surface area contributed by atoms with Crippen LogP contribution in [0.1, 0.15) is 19.8 Å². The second kappa shape index (κ2) is 6.78. The molecule has 0 aromatic heterocycles. The van der Waals surface area contributed by atoms with Gasteiger partial charge in [0.25, 0.3) is 0 Å².